The first-order valence-corrected chi connectivity index (χ1v) is 7.58. The third kappa shape index (κ3) is 4.45. The van der Waals surface area contributed by atoms with Gasteiger partial charge in [0.2, 0.25) is 5.91 Å². The van der Waals surface area contributed by atoms with Crippen LogP contribution in [0.1, 0.15) is 15.9 Å². The number of halogens is 3. The summed E-state index contributed by atoms with van der Waals surface area (Å²) in [7, 11) is 1.46. The molecule has 1 atom stereocenters. The first kappa shape index (κ1) is 18.7. The fraction of sp³-hybridized carbons (Fsp3) is 0.176. The van der Waals surface area contributed by atoms with Crippen molar-refractivity contribution < 1.29 is 23.1 Å². The summed E-state index contributed by atoms with van der Waals surface area (Å²) in [5.41, 5.74) is 5.39. The largest absolute Gasteiger partial charge is 0.495 e. The van der Waals surface area contributed by atoms with Gasteiger partial charge in [0.25, 0.3) is 5.91 Å². The van der Waals surface area contributed by atoms with E-state index < -0.39 is 35.1 Å². The van der Waals surface area contributed by atoms with Crippen LogP contribution in [0.5, 0.6) is 5.75 Å². The molecule has 25 heavy (non-hydrogen) atoms. The van der Waals surface area contributed by atoms with E-state index in [1.807, 2.05) is 0 Å². The van der Waals surface area contributed by atoms with E-state index in [0.29, 0.717) is 16.3 Å². The summed E-state index contributed by atoms with van der Waals surface area (Å²) in [4.78, 5) is 23.7. The van der Waals surface area contributed by atoms with Crippen LogP contribution >= 0.6 is 11.6 Å². The summed E-state index contributed by atoms with van der Waals surface area (Å²) in [6.07, 6.45) is 0.0295. The highest BCUT2D eigenvalue weighted by atomic mass is 35.5. The van der Waals surface area contributed by atoms with Gasteiger partial charge in [0.1, 0.15) is 11.8 Å². The Hall–Kier alpha value is -2.67. The molecular weight excluding hydrogens is 354 g/mol. The highest BCUT2D eigenvalue weighted by molar-refractivity contribution is 6.32. The predicted molar refractivity (Wildman–Crippen MR) is 88.5 cm³/mol. The van der Waals surface area contributed by atoms with Crippen LogP contribution < -0.4 is 15.8 Å². The van der Waals surface area contributed by atoms with Crippen LogP contribution in [0, 0.1) is 11.6 Å². The van der Waals surface area contributed by atoms with Crippen LogP contribution in [0.25, 0.3) is 0 Å². The monoisotopic (exact) mass is 368 g/mol. The molecule has 0 aliphatic rings. The van der Waals surface area contributed by atoms with Crippen LogP contribution in [0.4, 0.5) is 8.78 Å². The number of amides is 2. The van der Waals surface area contributed by atoms with Gasteiger partial charge in [-0.15, -0.1) is 0 Å². The van der Waals surface area contributed by atoms with Crippen molar-refractivity contribution >= 4 is 23.4 Å². The van der Waals surface area contributed by atoms with Crippen LogP contribution in [0.3, 0.4) is 0 Å². The third-order valence-corrected chi connectivity index (χ3v) is 3.80. The van der Waals surface area contributed by atoms with E-state index in [1.54, 1.807) is 18.2 Å². The number of carbonyl (C=O) groups excluding carboxylic acids is 2. The maximum atomic E-state index is 13.7. The lowest BCUT2D eigenvalue weighted by Gasteiger charge is -2.16. The Morgan fingerprint density at radius 2 is 2.00 bits per heavy atom. The van der Waals surface area contributed by atoms with E-state index in [9.17, 15) is 18.4 Å². The van der Waals surface area contributed by atoms with Gasteiger partial charge in [0.05, 0.1) is 17.7 Å². The minimum Gasteiger partial charge on any atom is -0.495 e. The van der Waals surface area contributed by atoms with Gasteiger partial charge in [-0.3, -0.25) is 9.59 Å². The fourth-order valence-electron chi connectivity index (χ4n) is 2.21. The highest BCUT2D eigenvalue weighted by Crippen LogP contribution is 2.25. The molecule has 0 saturated heterocycles. The second-order valence-electron chi connectivity index (χ2n) is 5.20. The van der Waals surface area contributed by atoms with E-state index in [0.717, 1.165) is 12.1 Å². The molecule has 2 rings (SSSR count). The summed E-state index contributed by atoms with van der Waals surface area (Å²) in [5.74, 6) is -3.77. The van der Waals surface area contributed by atoms with Crippen molar-refractivity contribution in [1.29, 1.82) is 0 Å². The normalized spacial score (nSPS) is 11.7. The van der Waals surface area contributed by atoms with Gasteiger partial charge < -0.3 is 15.8 Å². The number of nitrogens with two attached hydrogens (primary N) is 1. The average Bonchev–Trinajstić information content (AvgIpc) is 2.56. The number of nitrogens with one attached hydrogen (secondary N) is 1. The lowest BCUT2D eigenvalue weighted by Crippen LogP contribution is -2.46. The lowest BCUT2D eigenvalue weighted by atomic mass is 10.0. The van der Waals surface area contributed by atoms with Gasteiger partial charge in [-0.2, -0.15) is 0 Å². The quantitative estimate of drug-likeness (QED) is 0.821. The van der Waals surface area contributed by atoms with E-state index in [-0.39, 0.29) is 6.42 Å². The van der Waals surface area contributed by atoms with Crippen LogP contribution in [0.2, 0.25) is 5.02 Å². The first-order valence-electron chi connectivity index (χ1n) is 7.20. The highest BCUT2D eigenvalue weighted by Gasteiger charge is 2.22. The van der Waals surface area contributed by atoms with Gasteiger partial charge in [0, 0.05) is 6.42 Å². The van der Waals surface area contributed by atoms with Crippen molar-refractivity contribution in [3.63, 3.8) is 0 Å². The molecule has 0 aliphatic carbocycles. The van der Waals surface area contributed by atoms with Crippen molar-refractivity contribution in [3.05, 3.63) is 64.2 Å². The van der Waals surface area contributed by atoms with E-state index in [2.05, 4.69) is 5.32 Å². The van der Waals surface area contributed by atoms with Crippen molar-refractivity contribution in [2.24, 2.45) is 5.73 Å². The molecule has 8 heteroatoms. The van der Waals surface area contributed by atoms with Crippen molar-refractivity contribution in [2.45, 2.75) is 12.5 Å². The number of benzene rings is 2. The second kappa shape index (κ2) is 7.94. The predicted octanol–water partition coefficient (Wildman–Crippen LogP) is 2.45. The summed E-state index contributed by atoms with van der Waals surface area (Å²) >= 11 is 6.01. The SMILES string of the molecule is COc1ccc(C[C@@H](NC(=O)c2cccc(F)c2F)C(N)=O)cc1Cl. The topological polar surface area (TPSA) is 81.4 Å². The average molecular weight is 369 g/mol. The van der Waals surface area contributed by atoms with E-state index >= 15 is 0 Å². The van der Waals surface area contributed by atoms with Gasteiger partial charge in [0.15, 0.2) is 11.6 Å². The number of hydrogen-bond acceptors (Lipinski definition) is 3. The number of ether oxygens (including phenoxy) is 1. The van der Waals surface area contributed by atoms with Gasteiger partial charge in [-0.25, -0.2) is 8.78 Å². The van der Waals surface area contributed by atoms with Crippen LogP contribution in [0.15, 0.2) is 36.4 Å². The zero-order valence-electron chi connectivity index (χ0n) is 13.2. The summed E-state index contributed by atoms with van der Waals surface area (Å²) in [6, 6.07) is 6.87. The van der Waals surface area contributed by atoms with Crippen molar-refractivity contribution in [2.75, 3.05) is 7.11 Å². The minimum atomic E-state index is -1.30. The second-order valence-corrected chi connectivity index (χ2v) is 5.61. The molecule has 0 bridgehead atoms. The van der Waals surface area contributed by atoms with E-state index in [1.165, 1.54) is 13.2 Å². The standard InChI is InChI=1S/C17H15ClF2N2O3/c1-25-14-6-5-9(7-11(14)18)8-13(16(21)23)22-17(24)10-3-2-4-12(19)15(10)20/h2-7,13H,8H2,1H3,(H2,21,23)(H,22,24)/t13-/m1/s1. The minimum absolute atomic E-state index is 0.0295. The third-order valence-electron chi connectivity index (χ3n) is 3.50. The number of methoxy groups -OCH3 is 1. The zero-order chi connectivity index (χ0) is 18.6. The Labute approximate surface area is 147 Å². The number of carbonyl (C=O) groups is 2. The molecular formula is C17H15ClF2N2O3. The molecule has 2 aromatic carbocycles. The molecule has 2 aromatic rings. The van der Waals surface area contributed by atoms with Gasteiger partial charge in [-0.05, 0) is 29.8 Å². The molecule has 3 N–H and O–H groups in total. The van der Waals surface area contributed by atoms with Gasteiger partial charge in [-0.1, -0.05) is 23.7 Å². The number of primary amides is 1. The zero-order valence-corrected chi connectivity index (χ0v) is 13.9. The molecule has 2 amide bonds. The van der Waals surface area contributed by atoms with Crippen LogP contribution in [-0.2, 0) is 11.2 Å². The Morgan fingerprint density at radius 3 is 2.60 bits per heavy atom. The molecule has 0 fully saturated rings. The Balaban J connectivity index is 2.18. The molecule has 0 aliphatic heterocycles. The summed E-state index contributed by atoms with van der Waals surface area (Å²) in [5, 5.41) is 2.63. The summed E-state index contributed by atoms with van der Waals surface area (Å²) < 4.78 is 31.9. The molecule has 0 spiro atoms. The van der Waals surface area contributed by atoms with Gasteiger partial charge >= 0.3 is 0 Å². The van der Waals surface area contributed by atoms with E-state index in [4.69, 9.17) is 22.1 Å². The van der Waals surface area contributed by atoms with Crippen molar-refractivity contribution in [3.8, 4) is 5.75 Å². The smallest absolute Gasteiger partial charge is 0.255 e. The molecule has 0 heterocycles. The Bertz CT molecular complexity index is 814. The Morgan fingerprint density at radius 1 is 1.28 bits per heavy atom. The number of rotatable bonds is 6. The van der Waals surface area contributed by atoms with Crippen molar-refractivity contribution in [1.82, 2.24) is 5.32 Å². The van der Waals surface area contributed by atoms with Crippen LogP contribution in [-0.4, -0.2) is 25.0 Å². The fourth-order valence-corrected chi connectivity index (χ4v) is 2.49. The summed E-state index contributed by atoms with van der Waals surface area (Å²) in [6.45, 7) is 0. The molecule has 0 aromatic heterocycles. The number of hydrogen-bond donors (Lipinski definition) is 2. The molecule has 0 radical (unpaired) electrons. The molecule has 0 unspecified atom stereocenters. The molecule has 5 nitrogen and oxygen atoms in total. The first-order chi connectivity index (χ1) is 11.8. The molecule has 0 saturated carbocycles. The lowest BCUT2D eigenvalue weighted by molar-refractivity contribution is -0.119. The molecule has 132 valence electrons. The Kier molecular flexibility index (Phi) is 5.93. The maximum absolute atomic E-state index is 13.7. The maximum Gasteiger partial charge on any atom is 0.255 e.